The van der Waals surface area contributed by atoms with Gasteiger partial charge in [0.2, 0.25) is 0 Å². The molecule has 2 heterocycles. The third-order valence-corrected chi connectivity index (χ3v) is 5.58. The zero-order valence-corrected chi connectivity index (χ0v) is 11.3. The Morgan fingerprint density at radius 1 is 1.71 bits per heavy atom. The minimum Gasteiger partial charge on any atom is -0.308 e. The van der Waals surface area contributed by atoms with Crippen LogP contribution in [-0.4, -0.2) is 6.54 Å². The van der Waals surface area contributed by atoms with E-state index in [1.807, 2.05) is 11.3 Å². The minimum atomic E-state index is 0.469. The first-order valence-electron chi connectivity index (χ1n) is 5.06. The maximum absolute atomic E-state index is 3.58. The van der Waals surface area contributed by atoms with E-state index in [0.717, 1.165) is 6.54 Å². The Kier molecular flexibility index (Phi) is 2.75. The van der Waals surface area contributed by atoms with Crippen molar-refractivity contribution < 1.29 is 0 Å². The Morgan fingerprint density at radius 2 is 2.43 bits per heavy atom. The van der Waals surface area contributed by atoms with E-state index in [2.05, 4.69) is 48.1 Å². The van der Waals surface area contributed by atoms with Gasteiger partial charge < -0.3 is 5.32 Å². The fourth-order valence-corrected chi connectivity index (χ4v) is 3.76. The standard InChI is InChI=1S/C11H16BrNS/c1-4-11(3)6-13-10(11)9-5-8(12)7(2)14-9/h5,10,13H,4,6H2,1-3H3. The maximum atomic E-state index is 3.58. The first-order chi connectivity index (χ1) is 6.57. The van der Waals surface area contributed by atoms with Crippen LogP contribution in [0.15, 0.2) is 10.5 Å². The van der Waals surface area contributed by atoms with Crippen LogP contribution in [-0.2, 0) is 0 Å². The third kappa shape index (κ3) is 1.55. The molecule has 1 N–H and O–H groups in total. The Morgan fingerprint density at radius 3 is 2.79 bits per heavy atom. The van der Waals surface area contributed by atoms with Gasteiger partial charge in [-0.1, -0.05) is 13.8 Å². The van der Waals surface area contributed by atoms with E-state index in [9.17, 15) is 0 Å². The Labute approximate surface area is 98.0 Å². The van der Waals surface area contributed by atoms with Gasteiger partial charge in [0.25, 0.3) is 0 Å². The molecule has 0 amide bonds. The quantitative estimate of drug-likeness (QED) is 0.863. The second-order valence-corrected chi connectivity index (χ2v) is 6.52. The highest BCUT2D eigenvalue weighted by Gasteiger charge is 2.42. The van der Waals surface area contributed by atoms with E-state index in [-0.39, 0.29) is 0 Å². The maximum Gasteiger partial charge on any atom is 0.0482 e. The summed E-state index contributed by atoms with van der Waals surface area (Å²) in [6.45, 7) is 7.98. The van der Waals surface area contributed by atoms with Crippen LogP contribution in [0, 0.1) is 12.3 Å². The predicted octanol–water partition coefficient (Wildman–Crippen LogP) is 3.88. The molecule has 1 nitrogen and oxygen atoms in total. The van der Waals surface area contributed by atoms with Crippen molar-refractivity contribution in [2.45, 2.75) is 33.2 Å². The summed E-state index contributed by atoms with van der Waals surface area (Å²) in [6.07, 6.45) is 1.25. The molecule has 0 bridgehead atoms. The fourth-order valence-electron chi connectivity index (χ4n) is 1.95. The zero-order chi connectivity index (χ0) is 10.3. The van der Waals surface area contributed by atoms with Gasteiger partial charge in [0.15, 0.2) is 0 Å². The number of aryl methyl sites for hydroxylation is 1. The van der Waals surface area contributed by atoms with Crippen molar-refractivity contribution in [3.63, 3.8) is 0 Å². The van der Waals surface area contributed by atoms with E-state index in [0.29, 0.717) is 11.5 Å². The van der Waals surface area contributed by atoms with Crippen molar-refractivity contribution in [3.8, 4) is 0 Å². The first-order valence-corrected chi connectivity index (χ1v) is 6.67. The van der Waals surface area contributed by atoms with Gasteiger partial charge in [-0.2, -0.15) is 0 Å². The number of nitrogens with one attached hydrogen (secondary N) is 1. The minimum absolute atomic E-state index is 0.469. The lowest BCUT2D eigenvalue weighted by Crippen LogP contribution is -2.53. The van der Waals surface area contributed by atoms with Gasteiger partial charge in [0, 0.05) is 32.2 Å². The molecule has 2 atom stereocenters. The Bertz CT molecular complexity index is 324. The molecule has 1 aliphatic heterocycles. The van der Waals surface area contributed by atoms with Crippen LogP contribution in [0.2, 0.25) is 0 Å². The van der Waals surface area contributed by atoms with Gasteiger partial charge in [0.05, 0.1) is 0 Å². The van der Waals surface area contributed by atoms with Gasteiger partial charge in [-0.15, -0.1) is 11.3 Å². The number of halogens is 1. The SMILES string of the molecule is CCC1(C)CNC1c1cc(Br)c(C)s1. The summed E-state index contributed by atoms with van der Waals surface area (Å²) in [5.74, 6) is 0. The highest BCUT2D eigenvalue weighted by Crippen LogP contribution is 2.46. The average molecular weight is 274 g/mol. The van der Waals surface area contributed by atoms with Crippen LogP contribution in [0.3, 0.4) is 0 Å². The Balaban J connectivity index is 2.24. The second-order valence-electron chi connectivity index (χ2n) is 4.37. The summed E-state index contributed by atoms with van der Waals surface area (Å²) in [6, 6.07) is 2.84. The van der Waals surface area contributed by atoms with Crippen LogP contribution in [0.5, 0.6) is 0 Å². The molecule has 1 aromatic rings. The molecule has 0 aliphatic carbocycles. The van der Waals surface area contributed by atoms with Gasteiger partial charge in [-0.3, -0.25) is 0 Å². The van der Waals surface area contributed by atoms with Gasteiger partial charge >= 0.3 is 0 Å². The van der Waals surface area contributed by atoms with Crippen molar-refractivity contribution in [2.75, 3.05) is 6.54 Å². The summed E-state index contributed by atoms with van der Waals surface area (Å²) >= 11 is 5.49. The molecule has 2 rings (SSSR count). The molecule has 78 valence electrons. The van der Waals surface area contributed by atoms with Crippen LogP contribution >= 0.6 is 27.3 Å². The van der Waals surface area contributed by atoms with Gasteiger partial charge in [0.1, 0.15) is 0 Å². The van der Waals surface area contributed by atoms with Crippen LogP contribution in [0.1, 0.15) is 36.1 Å². The molecule has 1 aromatic heterocycles. The molecule has 1 fully saturated rings. The lowest BCUT2D eigenvalue weighted by molar-refractivity contribution is 0.102. The molecule has 1 aliphatic rings. The van der Waals surface area contributed by atoms with E-state index in [1.54, 1.807) is 0 Å². The molecule has 0 saturated carbocycles. The predicted molar refractivity (Wildman–Crippen MR) is 65.9 cm³/mol. The van der Waals surface area contributed by atoms with E-state index in [1.165, 1.54) is 20.6 Å². The van der Waals surface area contributed by atoms with E-state index in [4.69, 9.17) is 0 Å². The summed E-state index contributed by atoms with van der Waals surface area (Å²) in [4.78, 5) is 2.86. The Hall–Kier alpha value is 0.140. The van der Waals surface area contributed by atoms with Gasteiger partial charge in [-0.25, -0.2) is 0 Å². The highest BCUT2D eigenvalue weighted by molar-refractivity contribution is 9.10. The number of thiophene rings is 1. The van der Waals surface area contributed by atoms with E-state index < -0.39 is 0 Å². The number of hydrogen-bond donors (Lipinski definition) is 1. The molecule has 3 heteroatoms. The summed E-state index contributed by atoms with van der Waals surface area (Å²) in [7, 11) is 0. The monoisotopic (exact) mass is 273 g/mol. The molecular formula is C11H16BrNS. The summed E-state index contributed by atoms with van der Waals surface area (Å²) in [5, 5.41) is 3.53. The lowest BCUT2D eigenvalue weighted by Gasteiger charge is -2.47. The molecule has 0 spiro atoms. The van der Waals surface area contributed by atoms with E-state index >= 15 is 0 Å². The van der Waals surface area contributed by atoms with Crippen molar-refractivity contribution in [1.29, 1.82) is 0 Å². The summed E-state index contributed by atoms with van der Waals surface area (Å²) in [5.41, 5.74) is 0.469. The second kappa shape index (κ2) is 3.62. The zero-order valence-electron chi connectivity index (χ0n) is 8.86. The van der Waals surface area contributed by atoms with Crippen molar-refractivity contribution in [2.24, 2.45) is 5.41 Å². The van der Waals surface area contributed by atoms with Gasteiger partial charge in [-0.05, 0) is 35.3 Å². The topological polar surface area (TPSA) is 12.0 Å². The largest absolute Gasteiger partial charge is 0.308 e. The lowest BCUT2D eigenvalue weighted by atomic mass is 9.72. The third-order valence-electron chi connectivity index (χ3n) is 3.38. The number of rotatable bonds is 2. The smallest absolute Gasteiger partial charge is 0.0482 e. The van der Waals surface area contributed by atoms with Crippen molar-refractivity contribution >= 4 is 27.3 Å². The molecule has 2 unspecified atom stereocenters. The molecule has 1 saturated heterocycles. The molecule has 0 aromatic carbocycles. The first kappa shape index (κ1) is 10.7. The van der Waals surface area contributed by atoms with Crippen molar-refractivity contribution in [1.82, 2.24) is 5.32 Å². The summed E-state index contributed by atoms with van der Waals surface area (Å²) < 4.78 is 1.25. The highest BCUT2D eigenvalue weighted by atomic mass is 79.9. The molecule has 14 heavy (non-hydrogen) atoms. The average Bonchev–Trinajstić information content (AvgIpc) is 2.43. The van der Waals surface area contributed by atoms with Crippen LogP contribution in [0.4, 0.5) is 0 Å². The molecule has 0 radical (unpaired) electrons. The number of hydrogen-bond acceptors (Lipinski definition) is 2. The van der Waals surface area contributed by atoms with Crippen molar-refractivity contribution in [3.05, 3.63) is 20.3 Å². The normalized spacial score (nSPS) is 31.6. The fraction of sp³-hybridized carbons (Fsp3) is 0.636. The van der Waals surface area contributed by atoms with Crippen LogP contribution < -0.4 is 5.32 Å². The van der Waals surface area contributed by atoms with Crippen LogP contribution in [0.25, 0.3) is 0 Å². The molecular weight excluding hydrogens is 258 g/mol.